The molecule has 0 atom stereocenters. The number of nitrogens with two attached hydrogens (primary N) is 1. The highest BCUT2D eigenvalue weighted by Gasteiger charge is 2.18. The van der Waals surface area contributed by atoms with Crippen LogP contribution < -0.4 is 10.4 Å². The highest BCUT2D eigenvalue weighted by Crippen LogP contribution is 2.30. The van der Waals surface area contributed by atoms with Crippen molar-refractivity contribution in [2.45, 2.75) is 4.90 Å². The Balaban J connectivity index is 2.49. The summed E-state index contributed by atoms with van der Waals surface area (Å²) in [7, 11) is -0.0657. The summed E-state index contributed by atoms with van der Waals surface area (Å²) < 4.78 is 25.2. The minimum atomic E-state index is -3.71. The van der Waals surface area contributed by atoms with Crippen LogP contribution in [0.2, 0.25) is 5.02 Å². The normalized spacial score (nSPS) is 11.6. The van der Waals surface area contributed by atoms with E-state index >= 15 is 0 Å². The Morgan fingerprint density at radius 2 is 1.87 bits per heavy atom. The fourth-order valence-electron chi connectivity index (χ4n) is 1.96. The Bertz CT molecular complexity index is 861. The summed E-state index contributed by atoms with van der Waals surface area (Å²) in [5.41, 5.74) is 6.87. The van der Waals surface area contributed by atoms with E-state index in [0.717, 1.165) is 11.1 Å². The van der Waals surface area contributed by atoms with E-state index in [1.165, 1.54) is 12.1 Å². The maximum atomic E-state index is 12.6. The molecule has 0 aliphatic rings. The lowest BCUT2D eigenvalue weighted by Crippen LogP contribution is -2.22. The van der Waals surface area contributed by atoms with Crippen LogP contribution in [-0.4, -0.2) is 22.5 Å². The van der Waals surface area contributed by atoms with Crippen LogP contribution in [0.1, 0.15) is 5.56 Å². The van der Waals surface area contributed by atoms with Gasteiger partial charge in [-0.2, -0.15) is 5.53 Å². The first-order valence-corrected chi connectivity index (χ1v) is 8.67. The third-order valence-electron chi connectivity index (χ3n) is 3.24. The lowest BCUT2D eigenvalue weighted by Gasteiger charge is -2.13. The molecule has 0 bridgehead atoms. The quantitative estimate of drug-likeness (QED) is 0.842. The number of benzene rings is 2. The number of anilines is 1. The Morgan fingerprint density at radius 1 is 1.17 bits per heavy atom. The SMILES string of the molecule is CN(C)c1ccc(N=[NH2+])c(S(=O)(=O)/C=C/c2ccccc2Cl)c1. The summed E-state index contributed by atoms with van der Waals surface area (Å²) in [6.07, 6.45) is 1.46. The molecule has 0 fully saturated rings. The zero-order chi connectivity index (χ0) is 17.0. The van der Waals surface area contributed by atoms with Crippen LogP contribution in [0.4, 0.5) is 11.4 Å². The number of nitrogens with zero attached hydrogens (tertiary/aromatic N) is 2. The third-order valence-corrected chi connectivity index (χ3v) is 5.02. The van der Waals surface area contributed by atoms with Gasteiger partial charge in [-0.1, -0.05) is 29.8 Å². The predicted molar refractivity (Wildman–Crippen MR) is 92.5 cm³/mol. The first-order chi connectivity index (χ1) is 10.8. The van der Waals surface area contributed by atoms with Gasteiger partial charge in [-0.15, -0.1) is 0 Å². The van der Waals surface area contributed by atoms with Gasteiger partial charge in [-0.3, -0.25) is 0 Å². The van der Waals surface area contributed by atoms with E-state index in [0.29, 0.717) is 10.6 Å². The Hall–Kier alpha value is -2.18. The van der Waals surface area contributed by atoms with Gasteiger partial charge in [0, 0.05) is 30.2 Å². The second-order valence-electron chi connectivity index (χ2n) is 5.04. The van der Waals surface area contributed by atoms with Gasteiger partial charge in [0.1, 0.15) is 10.6 Å². The molecule has 0 aromatic heterocycles. The average Bonchev–Trinajstić information content (AvgIpc) is 2.53. The standard InChI is InChI=1S/C16H16ClN3O2S/c1-20(2)13-7-8-15(19-18)16(11-13)23(21,22)10-9-12-5-3-4-6-14(12)17/h3-11,18H,1-2H3/p+1/b10-9+,19-18?. The van der Waals surface area contributed by atoms with Crippen molar-refractivity contribution < 1.29 is 13.9 Å². The number of rotatable bonds is 5. The molecule has 0 saturated heterocycles. The smallest absolute Gasteiger partial charge is 0.202 e. The number of hydrogen-bond acceptors (Lipinski definition) is 4. The molecule has 7 heteroatoms. The molecule has 5 nitrogen and oxygen atoms in total. The van der Waals surface area contributed by atoms with Crippen molar-refractivity contribution in [2.24, 2.45) is 5.11 Å². The molecule has 2 rings (SSSR count). The molecule has 2 N–H and O–H groups in total. The fraction of sp³-hybridized carbons (Fsp3) is 0.125. The zero-order valence-electron chi connectivity index (χ0n) is 12.8. The number of sulfone groups is 1. The van der Waals surface area contributed by atoms with Crippen molar-refractivity contribution in [3.05, 3.63) is 58.5 Å². The molecule has 0 amide bonds. The van der Waals surface area contributed by atoms with Crippen LogP contribution >= 0.6 is 11.6 Å². The molecule has 23 heavy (non-hydrogen) atoms. The van der Waals surface area contributed by atoms with Gasteiger partial charge in [0.25, 0.3) is 0 Å². The topological polar surface area (TPSA) is 75.3 Å². The second kappa shape index (κ2) is 6.93. The molecule has 0 heterocycles. The van der Waals surface area contributed by atoms with E-state index in [1.54, 1.807) is 41.3 Å². The molecule has 0 radical (unpaired) electrons. The highest BCUT2D eigenvalue weighted by atomic mass is 35.5. The molecule has 0 aliphatic heterocycles. The largest absolute Gasteiger partial charge is 0.378 e. The minimum absolute atomic E-state index is 0.0505. The molecule has 120 valence electrons. The summed E-state index contributed by atoms with van der Waals surface area (Å²) in [6, 6.07) is 11.9. The number of halogens is 1. The summed E-state index contributed by atoms with van der Waals surface area (Å²) in [4.78, 5) is 1.85. The third kappa shape index (κ3) is 3.97. The summed E-state index contributed by atoms with van der Waals surface area (Å²) in [5.74, 6) is 0. The lowest BCUT2D eigenvalue weighted by atomic mass is 10.2. The van der Waals surface area contributed by atoms with Crippen LogP contribution in [0.15, 0.2) is 57.9 Å². The lowest BCUT2D eigenvalue weighted by molar-refractivity contribution is -0.210. The summed E-state index contributed by atoms with van der Waals surface area (Å²) >= 11 is 6.03. The predicted octanol–water partition coefficient (Wildman–Crippen LogP) is 2.69. The van der Waals surface area contributed by atoms with Crippen molar-refractivity contribution in [3.63, 3.8) is 0 Å². The summed E-state index contributed by atoms with van der Waals surface area (Å²) in [5, 5.41) is 5.14. The van der Waals surface area contributed by atoms with Crippen molar-refractivity contribution in [1.29, 1.82) is 0 Å². The van der Waals surface area contributed by atoms with Crippen molar-refractivity contribution in [2.75, 3.05) is 19.0 Å². The van der Waals surface area contributed by atoms with Gasteiger partial charge in [-0.05, 0) is 41.0 Å². The van der Waals surface area contributed by atoms with Crippen LogP contribution in [0.3, 0.4) is 0 Å². The fourth-order valence-corrected chi connectivity index (χ4v) is 3.33. The van der Waals surface area contributed by atoms with Crippen molar-refractivity contribution >= 4 is 38.9 Å². The van der Waals surface area contributed by atoms with Crippen LogP contribution in [0, 0.1) is 0 Å². The average molecular weight is 351 g/mol. The molecular formula is C16H17ClN3O2S+. The van der Waals surface area contributed by atoms with Crippen molar-refractivity contribution in [3.8, 4) is 0 Å². The molecular weight excluding hydrogens is 334 g/mol. The monoisotopic (exact) mass is 350 g/mol. The molecule has 0 aliphatic carbocycles. The Labute approximate surface area is 140 Å². The maximum Gasteiger partial charge on any atom is 0.202 e. The molecule has 0 unspecified atom stereocenters. The van der Waals surface area contributed by atoms with E-state index in [1.807, 2.05) is 14.1 Å². The van der Waals surface area contributed by atoms with Crippen LogP contribution in [0.5, 0.6) is 0 Å². The van der Waals surface area contributed by atoms with E-state index in [-0.39, 0.29) is 10.6 Å². The maximum absolute atomic E-state index is 12.6. The molecule has 2 aromatic carbocycles. The highest BCUT2D eigenvalue weighted by molar-refractivity contribution is 7.94. The van der Waals surface area contributed by atoms with Crippen LogP contribution in [-0.2, 0) is 9.84 Å². The molecule has 0 spiro atoms. The van der Waals surface area contributed by atoms with Gasteiger partial charge in [0.05, 0.1) is 0 Å². The minimum Gasteiger partial charge on any atom is -0.378 e. The molecule has 0 saturated carbocycles. The van der Waals surface area contributed by atoms with Gasteiger partial charge in [0.2, 0.25) is 9.84 Å². The van der Waals surface area contributed by atoms with Gasteiger partial charge in [0.15, 0.2) is 0 Å². The second-order valence-corrected chi connectivity index (χ2v) is 7.25. The van der Waals surface area contributed by atoms with E-state index in [4.69, 9.17) is 17.1 Å². The first kappa shape index (κ1) is 17.2. The van der Waals surface area contributed by atoms with E-state index < -0.39 is 9.84 Å². The van der Waals surface area contributed by atoms with Crippen LogP contribution in [0.25, 0.3) is 6.08 Å². The summed E-state index contributed by atoms with van der Waals surface area (Å²) in [6.45, 7) is 0. The van der Waals surface area contributed by atoms with Gasteiger partial charge in [-0.25, -0.2) is 8.42 Å². The first-order valence-electron chi connectivity index (χ1n) is 6.75. The zero-order valence-corrected chi connectivity index (χ0v) is 14.3. The number of hydrogen-bond donors (Lipinski definition) is 1. The van der Waals surface area contributed by atoms with Gasteiger partial charge >= 0.3 is 0 Å². The van der Waals surface area contributed by atoms with E-state index in [9.17, 15) is 8.42 Å². The van der Waals surface area contributed by atoms with Crippen molar-refractivity contribution in [1.82, 2.24) is 0 Å². The van der Waals surface area contributed by atoms with Gasteiger partial charge < -0.3 is 4.90 Å². The van der Waals surface area contributed by atoms with E-state index in [2.05, 4.69) is 5.11 Å². The molecule has 2 aromatic rings. The Morgan fingerprint density at radius 3 is 2.48 bits per heavy atom. The Kier molecular flexibility index (Phi) is 5.18.